The summed E-state index contributed by atoms with van der Waals surface area (Å²) in [6, 6.07) is 9.93. The smallest absolute Gasteiger partial charge is 0.273 e. The Kier molecular flexibility index (Phi) is 5.78. The molecule has 7 heteroatoms. The highest BCUT2D eigenvalue weighted by Gasteiger charge is 2.17. The van der Waals surface area contributed by atoms with Crippen molar-refractivity contribution in [2.45, 2.75) is 44.8 Å². The van der Waals surface area contributed by atoms with E-state index >= 15 is 0 Å². The second-order valence-corrected chi connectivity index (χ2v) is 6.37. The molecule has 0 unspecified atom stereocenters. The average Bonchev–Trinajstić information content (AvgIpc) is 3.14. The van der Waals surface area contributed by atoms with Gasteiger partial charge in [0.25, 0.3) is 5.69 Å². The third-order valence-corrected chi connectivity index (χ3v) is 4.42. The van der Waals surface area contributed by atoms with Crippen LogP contribution in [0.2, 0.25) is 0 Å². The normalized spacial score (nSPS) is 14.2. The fourth-order valence-electron chi connectivity index (χ4n) is 3.04. The van der Waals surface area contributed by atoms with Gasteiger partial charge in [0.15, 0.2) is 0 Å². The van der Waals surface area contributed by atoms with Gasteiger partial charge in [-0.2, -0.15) is 0 Å². The standard InChI is InChI=1S/C19H21N3O4/c23-18(11-15-5-1-4-8-17(15)22(24)25)20-12-14-9-10-19(21-13-14)26-16-6-2-3-7-16/h1,4-5,8-10,13,16H,2-3,6-7,11-12H2,(H,20,23). The van der Waals surface area contributed by atoms with Crippen molar-refractivity contribution < 1.29 is 14.5 Å². The molecule has 0 aliphatic heterocycles. The maximum Gasteiger partial charge on any atom is 0.273 e. The molecule has 136 valence electrons. The number of aromatic nitrogens is 1. The zero-order valence-corrected chi connectivity index (χ0v) is 14.4. The number of rotatable bonds is 7. The highest BCUT2D eigenvalue weighted by molar-refractivity contribution is 5.79. The van der Waals surface area contributed by atoms with E-state index in [9.17, 15) is 14.9 Å². The van der Waals surface area contributed by atoms with Crippen LogP contribution in [0.25, 0.3) is 0 Å². The van der Waals surface area contributed by atoms with Crippen molar-refractivity contribution in [3.8, 4) is 5.88 Å². The topological polar surface area (TPSA) is 94.4 Å². The molecule has 3 rings (SSSR count). The van der Waals surface area contributed by atoms with Crippen LogP contribution in [0.3, 0.4) is 0 Å². The number of nitrogens with one attached hydrogen (secondary N) is 1. The molecule has 0 radical (unpaired) electrons. The van der Waals surface area contributed by atoms with E-state index in [0.717, 1.165) is 18.4 Å². The molecular weight excluding hydrogens is 334 g/mol. The summed E-state index contributed by atoms with van der Waals surface area (Å²) in [6.07, 6.45) is 6.46. The molecule has 1 amide bonds. The first-order valence-corrected chi connectivity index (χ1v) is 8.72. The van der Waals surface area contributed by atoms with Crippen molar-refractivity contribution in [3.05, 3.63) is 63.8 Å². The lowest BCUT2D eigenvalue weighted by Crippen LogP contribution is -2.25. The van der Waals surface area contributed by atoms with Crippen molar-refractivity contribution in [1.82, 2.24) is 10.3 Å². The van der Waals surface area contributed by atoms with Gasteiger partial charge in [-0.25, -0.2) is 4.98 Å². The van der Waals surface area contributed by atoms with Crippen LogP contribution in [0.4, 0.5) is 5.69 Å². The van der Waals surface area contributed by atoms with Gasteiger partial charge in [-0.15, -0.1) is 0 Å². The third-order valence-electron chi connectivity index (χ3n) is 4.42. The van der Waals surface area contributed by atoms with E-state index in [2.05, 4.69) is 10.3 Å². The van der Waals surface area contributed by atoms with Gasteiger partial charge in [0.05, 0.1) is 11.3 Å². The minimum Gasteiger partial charge on any atom is -0.474 e. The molecule has 1 heterocycles. The highest BCUT2D eigenvalue weighted by atomic mass is 16.6. The number of nitro benzene ring substituents is 1. The van der Waals surface area contributed by atoms with Crippen LogP contribution in [0.15, 0.2) is 42.6 Å². The first-order valence-electron chi connectivity index (χ1n) is 8.72. The molecular formula is C19H21N3O4. The Labute approximate surface area is 151 Å². The Bertz CT molecular complexity index is 771. The fourth-order valence-corrected chi connectivity index (χ4v) is 3.04. The molecule has 0 spiro atoms. The van der Waals surface area contributed by atoms with Gasteiger partial charge in [-0.05, 0) is 31.2 Å². The number of pyridine rings is 1. The predicted molar refractivity (Wildman–Crippen MR) is 95.8 cm³/mol. The molecule has 0 atom stereocenters. The second kappa shape index (κ2) is 8.42. The van der Waals surface area contributed by atoms with Crippen LogP contribution in [0, 0.1) is 10.1 Å². The first-order chi connectivity index (χ1) is 12.6. The summed E-state index contributed by atoms with van der Waals surface area (Å²) < 4.78 is 5.81. The van der Waals surface area contributed by atoms with Crippen molar-refractivity contribution in [2.75, 3.05) is 0 Å². The Morgan fingerprint density at radius 3 is 2.69 bits per heavy atom. The predicted octanol–water partition coefficient (Wildman–Crippen LogP) is 3.17. The molecule has 7 nitrogen and oxygen atoms in total. The summed E-state index contributed by atoms with van der Waals surface area (Å²) in [5, 5.41) is 13.8. The highest BCUT2D eigenvalue weighted by Crippen LogP contribution is 2.23. The summed E-state index contributed by atoms with van der Waals surface area (Å²) in [5.41, 5.74) is 1.20. The number of nitrogens with zero attached hydrogens (tertiary/aromatic N) is 2. The number of hydrogen-bond donors (Lipinski definition) is 1. The number of carbonyl (C=O) groups is 1. The van der Waals surface area contributed by atoms with Gasteiger partial charge in [0.1, 0.15) is 6.10 Å². The van der Waals surface area contributed by atoms with Crippen molar-refractivity contribution in [1.29, 1.82) is 0 Å². The van der Waals surface area contributed by atoms with Gasteiger partial charge in [0.2, 0.25) is 11.8 Å². The quantitative estimate of drug-likeness (QED) is 0.608. The van der Waals surface area contributed by atoms with Crippen LogP contribution >= 0.6 is 0 Å². The van der Waals surface area contributed by atoms with Crippen LogP contribution < -0.4 is 10.1 Å². The SMILES string of the molecule is O=C(Cc1ccccc1[N+](=O)[O-])NCc1ccc(OC2CCCC2)nc1. The van der Waals surface area contributed by atoms with Gasteiger partial charge < -0.3 is 10.1 Å². The van der Waals surface area contributed by atoms with E-state index < -0.39 is 4.92 Å². The number of ether oxygens (including phenoxy) is 1. The number of nitro groups is 1. The van der Waals surface area contributed by atoms with Crippen LogP contribution in [0.5, 0.6) is 5.88 Å². The lowest BCUT2D eigenvalue weighted by molar-refractivity contribution is -0.385. The molecule has 2 aromatic rings. The molecule has 1 aromatic heterocycles. The molecule has 1 aliphatic carbocycles. The average molecular weight is 355 g/mol. The minimum atomic E-state index is -0.477. The zero-order valence-electron chi connectivity index (χ0n) is 14.4. The summed E-state index contributed by atoms with van der Waals surface area (Å²) in [5.74, 6) is 0.331. The fraction of sp³-hybridized carbons (Fsp3) is 0.368. The van der Waals surface area contributed by atoms with Crippen LogP contribution in [-0.4, -0.2) is 21.9 Å². The van der Waals surface area contributed by atoms with Crippen molar-refractivity contribution in [2.24, 2.45) is 0 Å². The Hall–Kier alpha value is -2.96. The van der Waals surface area contributed by atoms with E-state index in [1.807, 2.05) is 12.1 Å². The van der Waals surface area contributed by atoms with E-state index in [0.29, 0.717) is 18.0 Å². The van der Waals surface area contributed by atoms with Gasteiger partial charge in [0, 0.05) is 30.4 Å². The largest absolute Gasteiger partial charge is 0.474 e. The summed E-state index contributed by atoms with van der Waals surface area (Å²) >= 11 is 0. The molecule has 1 fully saturated rings. The second-order valence-electron chi connectivity index (χ2n) is 6.37. The monoisotopic (exact) mass is 355 g/mol. The first kappa shape index (κ1) is 17.8. The Balaban J connectivity index is 1.50. The van der Waals surface area contributed by atoms with Gasteiger partial charge in [-0.1, -0.05) is 24.3 Å². The molecule has 0 saturated heterocycles. The number of hydrogen-bond acceptors (Lipinski definition) is 5. The summed E-state index contributed by atoms with van der Waals surface area (Å²) in [7, 11) is 0. The Morgan fingerprint density at radius 2 is 2.00 bits per heavy atom. The molecule has 0 bridgehead atoms. The van der Waals surface area contributed by atoms with Crippen molar-refractivity contribution >= 4 is 11.6 Å². The minimum absolute atomic E-state index is 0.0343. The maximum absolute atomic E-state index is 12.1. The van der Waals surface area contributed by atoms with E-state index in [-0.39, 0.29) is 24.1 Å². The maximum atomic E-state index is 12.1. The lowest BCUT2D eigenvalue weighted by atomic mass is 10.1. The summed E-state index contributed by atoms with van der Waals surface area (Å²) in [6.45, 7) is 0.316. The lowest BCUT2D eigenvalue weighted by Gasteiger charge is -2.12. The third kappa shape index (κ3) is 4.78. The summed E-state index contributed by atoms with van der Waals surface area (Å²) in [4.78, 5) is 26.9. The van der Waals surface area contributed by atoms with Gasteiger partial charge >= 0.3 is 0 Å². The number of carbonyl (C=O) groups excluding carboxylic acids is 1. The van der Waals surface area contributed by atoms with Crippen molar-refractivity contribution in [3.63, 3.8) is 0 Å². The molecule has 1 aliphatic rings. The number of benzene rings is 1. The number of para-hydroxylation sites is 1. The zero-order chi connectivity index (χ0) is 18.4. The van der Waals surface area contributed by atoms with E-state index in [4.69, 9.17) is 4.74 Å². The van der Waals surface area contributed by atoms with Crippen LogP contribution in [-0.2, 0) is 17.8 Å². The molecule has 1 N–H and O–H groups in total. The molecule has 1 aromatic carbocycles. The van der Waals surface area contributed by atoms with E-state index in [1.165, 1.54) is 18.9 Å². The Morgan fingerprint density at radius 1 is 1.23 bits per heavy atom. The molecule has 26 heavy (non-hydrogen) atoms. The molecule has 1 saturated carbocycles. The number of amides is 1. The van der Waals surface area contributed by atoms with Gasteiger partial charge in [-0.3, -0.25) is 14.9 Å². The van der Waals surface area contributed by atoms with Crippen LogP contribution in [0.1, 0.15) is 36.8 Å². The van der Waals surface area contributed by atoms with E-state index in [1.54, 1.807) is 24.4 Å².